The number of halogens is 4. The molecule has 0 fully saturated rings. The summed E-state index contributed by atoms with van der Waals surface area (Å²) in [5.74, 6) is -0.743. The summed E-state index contributed by atoms with van der Waals surface area (Å²) in [5.41, 5.74) is -2.33. The van der Waals surface area contributed by atoms with Gasteiger partial charge in [0.05, 0.1) is 17.6 Å². The number of hydrogen-bond donors (Lipinski definition) is 1. The molecule has 1 N–H and O–H groups in total. The Kier molecular flexibility index (Phi) is 4.82. The molecule has 2 atom stereocenters. The van der Waals surface area contributed by atoms with Crippen LogP contribution in [0.25, 0.3) is 11.0 Å². The van der Waals surface area contributed by atoms with Gasteiger partial charge in [0.15, 0.2) is 0 Å². The van der Waals surface area contributed by atoms with Gasteiger partial charge in [0, 0.05) is 40.7 Å². The van der Waals surface area contributed by atoms with Gasteiger partial charge in [-0.05, 0) is 35.9 Å². The van der Waals surface area contributed by atoms with E-state index in [1.807, 2.05) is 0 Å². The van der Waals surface area contributed by atoms with E-state index in [0.29, 0.717) is 34.9 Å². The highest BCUT2D eigenvalue weighted by molar-refractivity contribution is 6.30. The topological polar surface area (TPSA) is 47.3 Å². The van der Waals surface area contributed by atoms with Crippen LogP contribution < -0.4 is 4.74 Å². The van der Waals surface area contributed by atoms with Crippen LogP contribution in [0.1, 0.15) is 31.9 Å². The quantitative estimate of drug-likeness (QED) is 0.589. The van der Waals surface area contributed by atoms with Crippen LogP contribution >= 0.6 is 11.6 Å². The van der Waals surface area contributed by atoms with Crippen molar-refractivity contribution in [3.05, 3.63) is 58.9 Å². The molecule has 2 aromatic heterocycles. The van der Waals surface area contributed by atoms with E-state index in [0.717, 1.165) is 10.1 Å². The van der Waals surface area contributed by atoms with E-state index < -0.39 is 23.2 Å². The molecule has 0 saturated heterocycles. The fraction of sp³-hybridized carbons (Fsp3) is 0.409. The van der Waals surface area contributed by atoms with Gasteiger partial charge in [-0.2, -0.15) is 13.2 Å². The lowest BCUT2D eigenvalue weighted by Gasteiger charge is -2.45. The standard InChI is InChI=1S/C22H22ClF3N2O2/c1-13(20(2,3)16-12-15(23)11-14-7-10-30-19(14)16)21(29,22(24,25)26)28-9-6-17-18(28)5-4-8-27-17/h4-6,8-9,11-13,29H,7,10H2,1-3H3. The largest absolute Gasteiger partial charge is 0.493 e. The molecule has 0 spiro atoms. The third-order valence-electron chi connectivity index (χ3n) is 6.37. The van der Waals surface area contributed by atoms with E-state index >= 15 is 0 Å². The Morgan fingerprint density at radius 3 is 2.67 bits per heavy atom. The van der Waals surface area contributed by atoms with Crippen LogP contribution in [0.3, 0.4) is 0 Å². The summed E-state index contributed by atoms with van der Waals surface area (Å²) >= 11 is 6.27. The van der Waals surface area contributed by atoms with E-state index in [1.165, 1.54) is 31.5 Å². The normalized spacial score (nSPS) is 17.5. The van der Waals surface area contributed by atoms with Gasteiger partial charge >= 0.3 is 6.18 Å². The summed E-state index contributed by atoms with van der Waals surface area (Å²) in [6.45, 7) is 5.19. The number of pyridine rings is 1. The summed E-state index contributed by atoms with van der Waals surface area (Å²) in [7, 11) is 0. The minimum absolute atomic E-state index is 0.201. The lowest BCUT2D eigenvalue weighted by Crippen LogP contribution is -2.57. The number of rotatable bonds is 4. The van der Waals surface area contributed by atoms with Crippen LogP contribution in [-0.2, 0) is 17.6 Å². The molecule has 30 heavy (non-hydrogen) atoms. The number of ether oxygens (including phenoxy) is 1. The molecule has 1 aliphatic heterocycles. The van der Waals surface area contributed by atoms with Gasteiger partial charge in [0.1, 0.15) is 5.75 Å². The van der Waals surface area contributed by atoms with E-state index in [4.69, 9.17) is 16.3 Å². The number of nitrogens with zero attached hydrogens (tertiary/aromatic N) is 2. The molecule has 0 aliphatic carbocycles. The minimum atomic E-state index is -4.95. The molecular weight excluding hydrogens is 417 g/mol. The SMILES string of the molecule is CC(C(C)(C)c1cc(Cl)cc2c1OCC2)C(O)(n1ccc2ncccc21)C(F)(F)F. The second kappa shape index (κ2) is 6.89. The number of hydrogen-bond acceptors (Lipinski definition) is 3. The molecule has 0 bridgehead atoms. The number of benzene rings is 1. The van der Waals surface area contributed by atoms with E-state index in [-0.39, 0.29) is 5.52 Å². The molecule has 3 heterocycles. The Balaban J connectivity index is 1.91. The summed E-state index contributed by atoms with van der Waals surface area (Å²) < 4.78 is 50.1. The molecule has 2 unspecified atom stereocenters. The Morgan fingerprint density at radius 1 is 1.23 bits per heavy atom. The maximum Gasteiger partial charge on any atom is 0.437 e. The van der Waals surface area contributed by atoms with Crippen LogP contribution in [0.5, 0.6) is 5.75 Å². The molecule has 1 aliphatic rings. The van der Waals surface area contributed by atoms with Crippen molar-refractivity contribution < 1.29 is 23.0 Å². The summed E-state index contributed by atoms with van der Waals surface area (Å²) in [4.78, 5) is 4.10. The number of fused-ring (bicyclic) bond motifs is 2. The smallest absolute Gasteiger partial charge is 0.437 e. The van der Waals surface area contributed by atoms with E-state index in [9.17, 15) is 18.3 Å². The summed E-state index contributed by atoms with van der Waals surface area (Å²) in [6.07, 6.45) is -1.57. The zero-order valence-electron chi connectivity index (χ0n) is 16.8. The molecular formula is C22H22ClF3N2O2. The molecule has 4 rings (SSSR count). The number of alkyl halides is 3. The van der Waals surface area contributed by atoms with Crippen LogP contribution in [-0.4, -0.2) is 27.4 Å². The van der Waals surface area contributed by atoms with Crippen molar-refractivity contribution in [2.75, 3.05) is 6.61 Å². The third-order valence-corrected chi connectivity index (χ3v) is 6.59. The van der Waals surface area contributed by atoms with Crippen molar-refractivity contribution >= 4 is 22.6 Å². The zero-order chi connectivity index (χ0) is 21.9. The van der Waals surface area contributed by atoms with Crippen molar-refractivity contribution in [1.82, 2.24) is 9.55 Å². The van der Waals surface area contributed by atoms with Gasteiger partial charge in [0.2, 0.25) is 5.72 Å². The van der Waals surface area contributed by atoms with Gasteiger partial charge in [0.25, 0.3) is 0 Å². The highest BCUT2D eigenvalue weighted by atomic mass is 35.5. The Bertz CT molecular complexity index is 1110. The van der Waals surface area contributed by atoms with E-state index in [1.54, 1.807) is 32.0 Å². The molecule has 3 aromatic rings. The highest BCUT2D eigenvalue weighted by Crippen LogP contribution is 2.52. The second-order valence-corrected chi connectivity index (χ2v) is 8.74. The summed E-state index contributed by atoms with van der Waals surface area (Å²) in [6, 6.07) is 7.93. The molecule has 0 radical (unpaired) electrons. The van der Waals surface area contributed by atoms with E-state index in [2.05, 4.69) is 4.98 Å². The Hall–Kier alpha value is -2.25. The molecule has 0 amide bonds. The summed E-state index contributed by atoms with van der Waals surface area (Å²) in [5, 5.41) is 11.8. The first kappa shape index (κ1) is 21.0. The van der Waals surface area contributed by atoms with Gasteiger partial charge in [-0.3, -0.25) is 4.98 Å². The van der Waals surface area contributed by atoms with Crippen molar-refractivity contribution in [1.29, 1.82) is 0 Å². The monoisotopic (exact) mass is 438 g/mol. The first-order chi connectivity index (χ1) is 14.0. The average Bonchev–Trinajstić information content (AvgIpc) is 3.31. The average molecular weight is 439 g/mol. The number of aromatic nitrogens is 2. The lowest BCUT2D eigenvalue weighted by atomic mass is 9.68. The zero-order valence-corrected chi connectivity index (χ0v) is 17.6. The molecule has 1 aromatic carbocycles. The maximum atomic E-state index is 14.5. The van der Waals surface area contributed by atoms with Crippen molar-refractivity contribution in [3.8, 4) is 5.75 Å². The lowest BCUT2D eigenvalue weighted by molar-refractivity contribution is -0.323. The Morgan fingerprint density at radius 2 is 1.97 bits per heavy atom. The first-order valence-corrected chi connectivity index (χ1v) is 10.0. The van der Waals surface area contributed by atoms with Crippen LogP contribution in [0.15, 0.2) is 42.7 Å². The highest BCUT2D eigenvalue weighted by Gasteiger charge is 2.62. The molecule has 4 nitrogen and oxygen atoms in total. The van der Waals surface area contributed by atoms with Crippen LogP contribution in [0.2, 0.25) is 5.02 Å². The third kappa shape index (κ3) is 2.98. The fourth-order valence-electron chi connectivity index (χ4n) is 4.34. The van der Waals surface area contributed by atoms with Crippen molar-refractivity contribution in [2.45, 2.75) is 44.5 Å². The van der Waals surface area contributed by atoms with Crippen molar-refractivity contribution in [3.63, 3.8) is 0 Å². The predicted octanol–water partition coefficient (Wildman–Crippen LogP) is 5.45. The molecule has 8 heteroatoms. The fourth-order valence-corrected chi connectivity index (χ4v) is 4.58. The maximum absolute atomic E-state index is 14.5. The van der Waals surface area contributed by atoms with Crippen molar-refractivity contribution in [2.24, 2.45) is 5.92 Å². The number of aliphatic hydroxyl groups is 1. The van der Waals surface area contributed by atoms with Gasteiger partial charge in [-0.15, -0.1) is 0 Å². The predicted molar refractivity (Wildman–Crippen MR) is 109 cm³/mol. The van der Waals surface area contributed by atoms with Gasteiger partial charge in [-0.25, -0.2) is 0 Å². The molecule has 160 valence electrons. The molecule has 0 saturated carbocycles. The van der Waals surface area contributed by atoms with Crippen LogP contribution in [0.4, 0.5) is 13.2 Å². The van der Waals surface area contributed by atoms with Crippen LogP contribution in [0, 0.1) is 5.92 Å². The van der Waals surface area contributed by atoms with Gasteiger partial charge in [-0.1, -0.05) is 32.4 Å². The minimum Gasteiger partial charge on any atom is -0.493 e. The second-order valence-electron chi connectivity index (χ2n) is 8.30. The van der Waals surface area contributed by atoms with Gasteiger partial charge < -0.3 is 14.4 Å². The Labute approximate surface area is 177 Å². The first-order valence-electron chi connectivity index (χ1n) is 9.65.